The maximum absolute atomic E-state index is 13.6. The molecule has 6 aromatic rings. The highest BCUT2D eigenvalue weighted by Gasteiger charge is 2.66. The first kappa shape index (κ1) is 35.6. The number of carbonyl (C=O) groups is 2. The minimum absolute atomic E-state index is 0.0525. The molecule has 4 fully saturated rings. The van der Waals surface area contributed by atoms with Gasteiger partial charge in [0.25, 0.3) is 5.91 Å². The molecular formula is C43H45N7O4S. The van der Waals surface area contributed by atoms with Gasteiger partial charge in [0, 0.05) is 52.6 Å². The summed E-state index contributed by atoms with van der Waals surface area (Å²) in [4.78, 5) is 40.2. The fraction of sp³-hybridized carbons (Fsp3) is 0.395. The number of carbonyl (C=O) groups excluding carboxylic acids is 1. The molecule has 0 saturated heterocycles. The van der Waals surface area contributed by atoms with Crippen molar-refractivity contribution in [1.82, 2.24) is 30.0 Å². The first-order chi connectivity index (χ1) is 26.4. The predicted octanol–water partition coefficient (Wildman–Crippen LogP) is 8.38. The second-order valence-electron chi connectivity index (χ2n) is 17.1. The fourth-order valence-corrected chi connectivity index (χ4v) is 12.1. The normalized spacial score (nSPS) is 25.5. The quantitative estimate of drug-likeness (QED) is 0.111. The topological polar surface area (TPSA) is 144 Å². The van der Waals surface area contributed by atoms with E-state index in [0.717, 1.165) is 66.7 Å². The Labute approximate surface area is 323 Å². The van der Waals surface area contributed by atoms with E-state index in [1.807, 2.05) is 62.5 Å². The summed E-state index contributed by atoms with van der Waals surface area (Å²) in [6.07, 6.45) is 10.2. The average Bonchev–Trinajstić information content (AvgIpc) is 3.71. The molecule has 2 aromatic carbocycles. The number of aromatic nitrogens is 5. The van der Waals surface area contributed by atoms with E-state index in [4.69, 9.17) is 9.84 Å². The van der Waals surface area contributed by atoms with Gasteiger partial charge in [-0.2, -0.15) is 5.10 Å². The summed E-state index contributed by atoms with van der Waals surface area (Å²) in [5.41, 5.74) is 5.45. The summed E-state index contributed by atoms with van der Waals surface area (Å²) in [5.74, 6) is -1.44. The summed E-state index contributed by atoms with van der Waals surface area (Å²) >= 11 is 1.41. The molecule has 4 aromatic heterocycles. The molecule has 3 N–H and O–H groups in total. The first-order valence-electron chi connectivity index (χ1n) is 19.0. The first-order valence-corrected chi connectivity index (χ1v) is 19.8. The van der Waals surface area contributed by atoms with Gasteiger partial charge in [0.05, 0.1) is 39.8 Å². The van der Waals surface area contributed by atoms with Crippen molar-refractivity contribution >= 4 is 49.5 Å². The van der Waals surface area contributed by atoms with Gasteiger partial charge in [-0.05, 0) is 111 Å². The van der Waals surface area contributed by atoms with Crippen molar-refractivity contribution < 1.29 is 19.4 Å². The molecule has 4 saturated carbocycles. The highest BCUT2D eigenvalue weighted by molar-refractivity contribution is 7.22. The highest BCUT2D eigenvalue weighted by atomic mass is 32.1. The van der Waals surface area contributed by atoms with Gasteiger partial charge in [0.15, 0.2) is 10.8 Å². The number of likely N-dealkylation sites (N-methyl/N-ethyl adjacent to an activating group) is 1. The van der Waals surface area contributed by atoms with Crippen LogP contribution in [0.4, 0.5) is 5.13 Å². The lowest BCUT2D eigenvalue weighted by atomic mass is 9.39. The zero-order valence-electron chi connectivity index (χ0n) is 31.6. The number of hydrogen-bond acceptors (Lipinski definition) is 9. The summed E-state index contributed by atoms with van der Waals surface area (Å²) in [6.45, 7) is 9.25. The Kier molecular flexibility index (Phi) is 8.45. The molecule has 4 bridgehead atoms. The lowest BCUT2D eigenvalue weighted by Crippen LogP contribution is -2.64. The van der Waals surface area contributed by atoms with E-state index >= 15 is 0 Å². The molecule has 282 valence electrons. The number of hydrogen-bond donors (Lipinski definition) is 3. The van der Waals surface area contributed by atoms with Crippen molar-refractivity contribution in [3.63, 3.8) is 0 Å². The molecule has 11 nitrogen and oxygen atoms in total. The Morgan fingerprint density at radius 3 is 2.45 bits per heavy atom. The molecule has 12 heteroatoms. The standard InChI is InChI=1S/C43H45N7O4S/c1-26-31(18-46-50(26)25-42-20-40(2)19-41(3,21-42)23-43(22-40,24-42)54-15-14-44-4)28-12-13-32(47-36(28)38(52)53)27-16-30-29(8-7-10-33(30)45-17-27)37(51)49-39-48-34-9-5-6-11-35(34)55-39/h5-13,16-18,44H,14-15,19-25H2,1-4H3,(H,52,53)(H,48,49,51). The Morgan fingerprint density at radius 2 is 1.69 bits per heavy atom. The number of nitrogens with zero attached hydrogens (tertiary/aromatic N) is 5. The van der Waals surface area contributed by atoms with Crippen LogP contribution in [0.25, 0.3) is 43.5 Å². The maximum Gasteiger partial charge on any atom is 0.355 e. The zero-order chi connectivity index (χ0) is 38.2. The molecule has 0 radical (unpaired) electrons. The molecule has 4 heterocycles. The van der Waals surface area contributed by atoms with Gasteiger partial charge in [-0.25, -0.2) is 14.8 Å². The largest absolute Gasteiger partial charge is 0.476 e. The number of carboxylic acid groups (broad SMARTS) is 1. The number of benzene rings is 2. The lowest BCUT2D eigenvalue weighted by molar-refractivity contribution is -0.247. The van der Waals surface area contributed by atoms with Gasteiger partial charge < -0.3 is 15.2 Å². The molecule has 4 aliphatic rings. The molecule has 2 unspecified atom stereocenters. The van der Waals surface area contributed by atoms with Gasteiger partial charge in [-0.3, -0.25) is 19.8 Å². The third-order valence-electron chi connectivity index (χ3n) is 12.2. The van der Waals surface area contributed by atoms with E-state index in [9.17, 15) is 14.7 Å². The van der Waals surface area contributed by atoms with E-state index in [1.54, 1.807) is 24.5 Å². The van der Waals surface area contributed by atoms with Crippen LogP contribution in [0.1, 0.15) is 78.9 Å². The number of para-hydroxylation sites is 1. The SMILES string of the molecule is CNCCOC12CC3(C)CC(C)(CC(Cn4ncc(-c5ccc(-c6cnc7cccc(C(=O)Nc8nc9ccccc9s8)c7c6)nc5C(=O)O)c4C)(C3)C1)C2. The van der Waals surface area contributed by atoms with Crippen LogP contribution in [-0.2, 0) is 11.3 Å². The second kappa shape index (κ2) is 13.0. The van der Waals surface area contributed by atoms with E-state index < -0.39 is 5.97 Å². The number of anilines is 1. The number of amides is 1. The molecule has 55 heavy (non-hydrogen) atoms. The summed E-state index contributed by atoms with van der Waals surface area (Å²) < 4.78 is 9.83. The molecule has 10 rings (SSSR count). The van der Waals surface area contributed by atoms with E-state index in [1.165, 1.54) is 17.8 Å². The van der Waals surface area contributed by atoms with Gasteiger partial charge >= 0.3 is 5.97 Å². The minimum Gasteiger partial charge on any atom is -0.476 e. The number of thiazole rings is 1. The smallest absolute Gasteiger partial charge is 0.355 e. The third-order valence-corrected chi connectivity index (χ3v) is 13.1. The summed E-state index contributed by atoms with van der Waals surface area (Å²) in [6, 6.07) is 18.6. The number of carboxylic acids is 1. The number of aromatic carboxylic acids is 1. The number of ether oxygens (including phenoxy) is 1. The number of pyridine rings is 2. The Bertz CT molecular complexity index is 2460. The molecule has 1 amide bonds. The summed E-state index contributed by atoms with van der Waals surface area (Å²) in [7, 11) is 1.97. The summed E-state index contributed by atoms with van der Waals surface area (Å²) in [5, 5.41) is 22.7. The van der Waals surface area contributed by atoms with Crippen molar-refractivity contribution in [2.24, 2.45) is 16.2 Å². The Morgan fingerprint density at radius 1 is 0.909 bits per heavy atom. The van der Waals surface area contributed by atoms with Gasteiger partial charge in [-0.15, -0.1) is 0 Å². The lowest BCUT2D eigenvalue weighted by Gasteiger charge is -2.69. The molecule has 0 aliphatic heterocycles. The van der Waals surface area contributed by atoms with Crippen LogP contribution in [0, 0.1) is 23.2 Å². The minimum atomic E-state index is -1.13. The van der Waals surface area contributed by atoms with Crippen LogP contribution in [0.15, 0.2) is 73.1 Å². The maximum atomic E-state index is 13.6. The molecular weight excluding hydrogens is 711 g/mol. The zero-order valence-corrected chi connectivity index (χ0v) is 32.4. The van der Waals surface area contributed by atoms with Crippen molar-refractivity contribution in [2.45, 2.75) is 71.4 Å². The van der Waals surface area contributed by atoms with E-state index in [-0.39, 0.29) is 33.4 Å². The van der Waals surface area contributed by atoms with Gasteiger partial charge in [0.2, 0.25) is 0 Å². The molecule has 2 atom stereocenters. The van der Waals surface area contributed by atoms with Crippen molar-refractivity contribution in [2.75, 3.05) is 25.5 Å². The van der Waals surface area contributed by atoms with Crippen molar-refractivity contribution in [3.8, 4) is 22.4 Å². The Hall–Kier alpha value is -5.04. The molecule has 4 aliphatic carbocycles. The van der Waals surface area contributed by atoms with Crippen LogP contribution < -0.4 is 10.6 Å². The van der Waals surface area contributed by atoms with E-state index in [2.05, 4.69) is 44.1 Å². The van der Waals surface area contributed by atoms with Crippen LogP contribution >= 0.6 is 11.3 Å². The van der Waals surface area contributed by atoms with Crippen LogP contribution in [0.5, 0.6) is 0 Å². The van der Waals surface area contributed by atoms with Crippen LogP contribution in [0.2, 0.25) is 0 Å². The average molecular weight is 756 g/mol. The van der Waals surface area contributed by atoms with E-state index in [0.29, 0.717) is 45.0 Å². The number of rotatable bonds is 11. The highest BCUT2D eigenvalue weighted by Crippen LogP contribution is 2.72. The molecule has 0 spiro atoms. The number of nitrogens with one attached hydrogen (secondary N) is 2. The second-order valence-corrected chi connectivity index (χ2v) is 18.1. The van der Waals surface area contributed by atoms with Crippen molar-refractivity contribution in [3.05, 3.63) is 90.0 Å². The van der Waals surface area contributed by atoms with Crippen LogP contribution in [0.3, 0.4) is 0 Å². The van der Waals surface area contributed by atoms with Crippen molar-refractivity contribution in [1.29, 1.82) is 0 Å². The Balaban J connectivity index is 1.01. The number of fused-ring (bicyclic) bond motifs is 2. The monoisotopic (exact) mass is 755 g/mol. The van der Waals surface area contributed by atoms with Crippen LogP contribution in [-0.4, -0.2) is 67.5 Å². The van der Waals surface area contributed by atoms with Gasteiger partial charge in [0.1, 0.15) is 0 Å². The fourth-order valence-electron chi connectivity index (χ4n) is 11.3. The predicted molar refractivity (Wildman–Crippen MR) is 214 cm³/mol. The van der Waals surface area contributed by atoms with Gasteiger partial charge in [-0.1, -0.05) is 43.4 Å². The third kappa shape index (κ3) is 6.39.